The number of methoxy groups -OCH3 is 1. The SMILES string of the molecule is COc1cccc(C(=O)NC2CN(S(=O)(=O)c3cn(C)cn3)CC2c2ccccc2)c1. The monoisotopic (exact) mass is 440 g/mol. The van der Waals surface area contributed by atoms with E-state index in [0.29, 0.717) is 11.3 Å². The summed E-state index contributed by atoms with van der Waals surface area (Å²) in [4.78, 5) is 16.9. The Balaban J connectivity index is 1.61. The van der Waals surface area contributed by atoms with Crippen molar-refractivity contribution in [2.24, 2.45) is 7.05 Å². The van der Waals surface area contributed by atoms with Gasteiger partial charge >= 0.3 is 0 Å². The number of nitrogens with one attached hydrogen (secondary N) is 1. The van der Waals surface area contributed by atoms with Gasteiger partial charge in [0, 0.05) is 37.8 Å². The van der Waals surface area contributed by atoms with E-state index in [1.165, 1.54) is 16.8 Å². The van der Waals surface area contributed by atoms with E-state index in [2.05, 4.69) is 10.3 Å². The second kappa shape index (κ2) is 8.52. The molecule has 0 radical (unpaired) electrons. The van der Waals surface area contributed by atoms with Crippen LogP contribution in [0.5, 0.6) is 5.75 Å². The predicted molar refractivity (Wildman–Crippen MR) is 115 cm³/mol. The smallest absolute Gasteiger partial charge is 0.262 e. The summed E-state index contributed by atoms with van der Waals surface area (Å²) in [5, 5.41) is 3.03. The molecule has 0 spiro atoms. The van der Waals surface area contributed by atoms with Gasteiger partial charge in [0.2, 0.25) is 0 Å². The fourth-order valence-corrected chi connectivity index (χ4v) is 5.28. The lowest BCUT2D eigenvalue weighted by Crippen LogP contribution is -2.40. The van der Waals surface area contributed by atoms with E-state index < -0.39 is 10.0 Å². The molecular formula is C22H24N4O4S. The minimum absolute atomic E-state index is 0.00147. The lowest BCUT2D eigenvalue weighted by atomic mass is 9.94. The number of aromatic nitrogens is 2. The summed E-state index contributed by atoms with van der Waals surface area (Å²) < 4.78 is 34.5. The van der Waals surface area contributed by atoms with Gasteiger partial charge in [-0.05, 0) is 23.8 Å². The molecule has 1 saturated heterocycles. The predicted octanol–water partition coefficient (Wildman–Crippen LogP) is 2.02. The van der Waals surface area contributed by atoms with E-state index in [1.807, 2.05) is 30.3 Å². The van der Waals surface area contributed by atoms with Crippen molar-refractivity contribution in [2.75, 3.05) is 20.2 Å². The van der Waals surface area contributed by atoms with Crippen LogP contribution in [0.2, 0.25) is 0 Å². The zero-order chi connectivity index (χ0) is 22.0. The number of ether oxygens (including phenoxy) is 1. The third kappa shape index (κ3) is 4.33. The average Bonchev–Trinajstić information content (AvgIpc) is 3.41. The molecule has 0 aliphatic carbocycles. The Morgan fingerprint density at radius 1 is 1.13 bits per heavy atom. The van der Waals surface area contributed by atoms with Crippen LogP contribution in [-0.4, -0.2) is 54.4 Å². The summed E-state index contributed by atoms with van der Waals surface area (Å²) in [5.74, 6) is 0.120. The van der Waals surface area contributed by atoms with Crippen LogP contribution in [-0.2, 0) is 17.1 Å². The first-order valence-electron chi connectivity index (χ1n) is 9.86. The number of carbonyl (C=O) groups is 1. The average molecular weight is 441 g/mol. The first-order chi connectivity index (χ1) is 14.9. The molecule has 2 unspecified atom stereocenters. The summed E-state index contributed by atoms with van der Waals surface area (Å²) in [6, 6.07) is 16.1. The van der Waals surface area contributed by atoms with Crippen LogP contribution < -0.4 is 10.1 Å². The van der Waals surface area contributed by atoms with Crippen LogP contribution >= 0.6 is 0 Å². The molecule has 1 amide bonds. The van der Waals surface area contributed by atoms with Gasteiger partial charge in [-0.15, -0.1) is 0 Å². The highest BCUT2D eigenvalue weighted by Crippen LogP contribution is 2.31. The van der Waals surface area contributed by atoms with E-state index in [9.17, 15) is 13.2 Å². The molecule has 1 N–H and O–H groups in total. The molecule has 1 fully saturated rings. The highest BCUT2D eigenvalue weighted by molar-refractivity contribution is 7.89. The maximum atomic E-state index is 13.1. The van der Waals surface area contributed by atoms with Crippen molar-refractivity contribution in [3.05, 3.63) is 78.2 Å². The number of hydrogen-bond donors (Lipinski definition) is 1. The molecule has 3 aromatic rings. The maximum absolute atomic E-state index is 13.1. The van der Waals surface area contributed by atoms with Gasteiger partial charge in [-0.25, -0.2) is 13.4 Å². The number of hydrogen-bond acceptors (Lipinski definition) is 5. The third-order valence-corrected chi connectivity index (χ3v) is 7.17. The third-order valence-electron chi connectivity index (χ3n) is 5.45. The highest BCUT2D eigenvalue weighted by Gasteiger charge is 2.41. The number of amides is 1. The topological polar surface area (TPSA) is 93.5 Å². The summed E-state index contributed by atoms with van der Waals surface area (Å²) in [6.45, 7) is 0.417. The fraction of sp³-hybridized carbons (Fsp3) is 0.273. The number of rotatable bonds is 6. The van der Waals surface area contributed by atoms with Gasteiger partial charge in [0.1, 0.15) is 5.75 Å². The quantitative estimate of drug-likeness (QED) is 0.633. The van der Waals surface area contributed by atoms with E-state index in [4.69, 9.17) is 4.74 Å². The summed E-state index contributed by atoms with van der Waals surface area (Å²) >= 11 is 0. The minimum atomic E-state index is -3.77. The number of carbonyl (C=O) groups excluding carboxylic acids is 1. The Kier molecular flexibility index (Phi) is 5.79. The normalized spacial score (nSPS) is 19.3. The molecule has 31 heavy (non-hydrogen) atoms. The molecule has 9 heteroatoms. The van der Waals surface area contributed by atoms with Crippen molar-refractivity contribution in [1.29, 1.82) is 0 Å². The molecule has 2 aromatic carbocycles. The molecule has 162 valence electrons. The van der Waals surface area contributed by atoms with Gasteiger partial charge in [0.05, 0.1) is 19.5 Å². The van der Waals surface area contributed by atoms with Gasteiger partial charge < -0.3 is 14.6 Å². The van der Waals surface area contributed by atoms with E-state index in [0.717, 1.165) is 5.56 Å². The zero-order valence-electron chi connectivity index (χ0n) is 17.3. The van der Waals surface area contributed by atoms with E-state index in [1.54, 1.807) is 43.0 Å². The van der Waals surface area contributed by atoms with Crippen LogP contribution in [0.1, 0.15) is 21.8 Å². The van der Waals surface area contributed by atoms with Gasteiger partial charge in [-0.2, -0.15) is 4.31 Å². The second-order valence-corrected chi connectivity index (χ2v) is 9.41. The van der Waals surface area contributed by atoms with E-state index in [-0.39, 0.29) is 36.0 Å². The molecule has 0 saturated carbocycles. The fourth-order valence-electron chi connectivity index (χ4n) is 3.82. The largest absolute Gasteiger partial charge is 0.497 e. The van der Waals surface area contributed by atoms with Gasteiger partial charge in [-0.3, -0.25) is 4.79 Å². The van der Waals surface area contributed by atoms with Gasteiger partial charge in [0.25, 0.3) is 15.9 Å². The molecule has 1 aliphatic heterocycles. The Morgan fingerprint density at radius 3 is 2.58 bits per heavy atom. The van der Waals surface area contributed by atoms with Crippen LogP contribution in [0.25, 0.3) is 0 Å². The maximum Gasteiger partial charge on any atom is 0.262 e. The Morgan fingerprint density at radius 2 is 1.90 bits per heavy atom. The number of benzene rings is 2. The van der Waals surface area contributed by atoms with Crippen LogP contribution in [0.4, 0.5) is 0 Å². The standard InChI is InChI=1S/C22H24N4O4S/c1-25-14-21(23-15-25)31(28,29)26-12-19(16-7-4-3-5-8-16)20(13-26)24-22(27)17-9-6-10-18(11-17)30-2/h3-11,14-15,19-20H,12-13H2,1-2H3,(H,24,27). The van der Waals surface area contributed by atoms with Crippen molar-refractivity contribution in [2.45, 2.75) is 17.0 Å². The minimum Gasteiger partial charge on any atom is -0.497 e. The first-order valence-corrected chi connectivity index (χ1v) is 11.3. The molecule has 8 nitrogen and oxygen atoms in total. The molecule has 0 bridgehead atoms. The molecule has 1 aliphatic rings. The highest BCUT2D eigenvalue weighted by atomic mass is 32.2. The van der Waals surface area contributed by atoms with Crippen molar-refractivity contribution in [1.82, 2.24) is 19.2 Å². The Bertz CT molecular complexity index is 1180. The number of nitrogens with zero attached hydrogens (tertiary/aromatic N) is 3. The number of sulfonamides is 1. The van der Waals surface area contributed by atoms with Gasteiger partial charge in [0.15, 0.2) is 5.03 Å². The summed E-state index contributed by atoms with van der Waals surface area (Å²) in [5.41, 5.74) is 1.43. The molecule has 1 aromatic heterocycles. The lowest BCUT2D eigenvalue weighted by Gasteiger charge is -2.20. The van der Waals surface area contributed by atoms with Gasteiger partial charge in [-0.1, -0.05) is 36.4 Å². The number of aryl methyl sites for hydroxylation is 1. The van der Waals surface area contributed by atoms with Crippen molar-refractivity contribution in [3.63, 3.8) is 0 Å². The Labute approximate surface area is 181 Å². The van der Waals surface area contributed by atoms with Crippen LogP contribution in [0, 0.1) is 0 Å². The molecule has 4 rings (SSSR count). The second-order valence-electron chi connectivity index (χ2n) is 7.53. The summed E-state index contributed by atoms with van der Waals surface area (Å²) in [6.07, 6.45) is 2.94. The lowest BCUT2D eigenvalue weighted by molar-refractivity contribution is 0.0935. The van der Waals surface area contributed by atoms with Crippen molar-refractivity contribution >= 4 is 15.9 Å². The van der Waals surface area contributed by atoms with E-state index >= 15 is 0 Å². The van der Waals surface area contributed by atoms with Crippen LogP contribution in [0.3, 0.4) is 0 Å². The molecule has 2 atom stereocenters. The van der Waals surface area contributed by atoms with Crippen molar-refractivity contribution < 1.29 is 17.9 Å². The Hall–Kier alpha value is -3.17. The van der Waals surface area contributed by atoms with Crippen molar-refractivity contribution in [3.8, 4) is 5.75 Å². The molecule has 2 heterocycles. The number of imidazole rings is 1. The molecular weight excluding hydrogens is 416 g/mol. The van der Waals surface area contributed by atoms with Crippen LogP contribution in [0.15, 0.2) is 72.1 Å². The zero-order valence-corrected chi connectivity index (χ0v) is 18.1. The first kappa shape index (κ1) is 21.1. The summed E-state index contributed by atoms with van der Waals surface area (Å²) in [7, 11) is -0.509.